The summed E-state index contributed by atoms with van der Waals surface area (Å²) >= 11 is 6.09. The number of amides is 2. The molecule has 1 fully saturated rings. The highest BCUT2D eigenvalue weighted by molar-refractivity contribution is 6.31. The third kappa shape index (κ3) is 3.97. The Balaban J connectivity index is 1.62. The van der Waals surface area contributed by atoms with Gasteiger partial charge in [0.2, 0.25) is 0 Å². The summed E-state index contributed by atoms with van der Waals surface area (Å²) in [6.07, 6.45) is 4.93. The number of carbonyl (C=O) groups is 1. The fraction of sp³-hybridized carbons (Fsp3) is 0.333. The lowest BCUT2D eigenvalue weighted by atomic mass is 10.1. The Bertz CT molecular complexity index is 723. The summed E-state index contributed by atoms with van der Waals surface area (Å²) < 4.78 is 5.95. The highest BCUT2D eigenvalue weighted by Gasteiger charge is 2.25. The molecule has 2 heterocycles. The van der Waals surface area contributed by atoms with E-state index >= 15 is 0 Å². The quantitative estimate of drug-likeness (QED) is 0.910. The van der Waals surface area contributed by atoms with Crippen LogP contribution < -0.4 is 10.1 Å². The number of rotatable bonds is 3. The average molecular weight is 346 g/mol. The van der Waals surface area contributed by atoms with Gasteiger partial charge in [0.05, 0.1) is 6.54 Å². The maximum atomic E-state index is 12.5. The molecule has 1 N–H and O–H groups in total. The van der Waals surface area contributed by atoms with Crippen molar-refractivity contribution in [2.24, 2.45) is 0 Å². The third-order valence-corrected chi connectivity index (χ3v) is 4.36. The molecule has 0 saturated carbocycles. The molecule has 0 aliphatic carbocycles. The largest absolute Gasteiger partial charge is 0.487 e. The lowest BCUT2D eigenvalue weighted by Gasteiger charge is -2.33. The number of hydrogen-bond acceptors (Lipinski definition) is 3. The number of nitrogens with one attached hydrogen (secondary N) is 1. The van der Waals surface area contributed by atoms with Crippen molar-refractivity contribution < 1.29 is 9.53 Å². The van der Waals surface area contributed by atoms with Gasteiger partial charge in [-0.2, -0.15) is 0 Å². The molecule has 0 spiro atoms. The highest BCUT2D eigenvalue weighted by Crippen LogP contribution is 2.26. The topological polar surface area (TPSA) is 54.5 Å². The van der Waals surface area contributed by atoms with E-state index in [4.69, 9.17) is 16.3 Å². The van der Waals surface area contributed by atoms with Crippen LogP contribution in [0.3, 0.4) is 0 Å². The maximum absolute atomic E-state index is 12.5. The van der Waals surface area contributed by atoms with Crippen molar-refractivity contribution in [3.05, 3.63) is 53.3 Å². The molecule has 2 aromatic rings. The Morgan fingerprint density at radius 1 is 1.38 bits per heavy atom. The minimum atomic E-state index is -0.0987. The molecule has 126 valence electrons. The SMILES string of the molecule is Cc1ccccc1NC(=O)N1CCC[C@H](Oc2ccncc2Cl)C1. The molecule has 1 saturated heterocycles. The Labute approximate surface area is 146 Å². The summed E-state index contributed by atoms with van der Waals surface area (Å²) in [7, 11) is 0. The van der Waals surface area contributed by atoms with Crippen LogP contribution in [0.1, 0.15) is 18.4 Å². The zero-order chi connectivity index (χ0) is 16.9. The molecular weight excluding hydrogens is 326 g/mol. The first-order chi connectivity index (χ1) is 11.6. The number of para-hydroxylation sites is 1. The molecule has 5 nitrogen and oxygen atoms in total. The number of carbonyl (C=O) groups excluding carboxylic acids is 1. The van der Waals surface area contributed by atoms with E-state index in [9.17, 15) is 4.79 Å². The van der Waals surface area contributed by atoms with Gasteiger partial charge in [0.1, 0.15) is 16.9 Å². The molecule has 1 aliphatic rings. The average Bonchev–Trinajstić information content (AvgIpc) is 2.59. The maximum Gasteiger partial charge on any atom is 0.321 e. The number of urea groups is 1. The molecule has 1 aliphatic heterocycles. The Morgan fingerprint density at radius 2 is 2.21 bits per heavy atom. The van der Waals surface area contributed by atoms with Crippen LogP contribution in [0.15, 0.2) is 42.7 Å². The van der Waals surface area contributed by atoms with E-state index < -0.39 is 0 Å². The molecule has 3 rings (SSSR count). The van der Waals surface area contributed by atoms with Crippen LogP contribution in [0.4, 0.5) is 10.5 Å². The standard InChI is InChI=1S/C18H20ClN3O2/c1-13-5-2-3-7-16(13)21-18(23)22-10-4-6-14(12-22)24-17-8-9-20-11-15(17)19/h2-3,5,7-9,11,14H,4,6,10,12H2,1H3,(H,21,23)/t14-/m0/s1. The third-order valence-electron chi connectivity index (χ3n) is 4.08. The van der Waals surface area contributed by atoms with Crippen molar-refractivity contribution >= 4 is 23.3 Å². The van der Waals surface area contributed by atoms with Crippen LogP contribution in [0.5, 0.6) is 5.75 Å². The van der Waals surface area contributed by atoms with E-state index in [0.29, 0.717) is 17.3 Å². The number of aromatic nitrogens is 1. The number of pyridine rings is 1. The van der Waals surface area contributed by atoms with Gasteiger partial charge in [0.25, 0.3) is 0 Å². The summed E-state index contributed by atoms with van der Waals surface area (Å²) in [6, 6.07) is 9.39. The molecule has 24 heavy (non-hydrogen) atoms. The summed E-state index contributed by atoms with van der Waals surface area (Å²) in [4.78, 5) is 18.2. The Morgan fingerprint density at radius 3 is 3.00 bits per heavy atom. The second kappa shape index (κ2) is 7.53. The van der Waals surface area contributed by atoms with E-state index in [1.54, 1.807) is 23.4 Å². The number of halogens is 1. The number of hydrogen-bond donors (Lipinski definition) is 1. The lowest BCUT2D eigenvalue weighted by Crippen LogP contribution is -2.46. The van der Waals surface area contributed by atoms with E-state index in [1.807, 2.05) is 31.2 Å². The summed E-state index contributed by atoms with van der Waals surface area (Å²) in [5, 5.41) is 3.46. The Hall–Kier alpha value is -2.27. The first-order valence-corrected chi connectivity index (χ1v) is 8.39. The molecule has 0 unspecified atom stereocenters. The lowest BCUT2D eigenvalue weighted by molar-refractivity contribution is 0.106. The van der Waals surface area contributed by atoms with Crippen molar-refractivity contribution in [2.75, 3.05) is 18.4 Å². The van der Waals surface area contributed by atoms with Crippen molar-refractivity contribution in [3.8, 4) is 5.75 Å². The van der Waals surface area contributed by atoms with E-state index in [0.717, 1.165) is 30.6 Å². The van der Waals surface area contributed by atoms with Gasteiger partial charge in [0.15, 0.2) is 0 Å². The highest BCUT2D eigenvalue weighted by atomic mass is 35.5. The summed E-state index contributed by atoms with van der Waals surface area (Å²) in [6.45, 7) is 3.24. The van der Waals surface area contributed by atoms with E-state index in [1.165, 1.54) is 0 Å². The van der Waals surface area contributed by atoms with Crippen molar-refractivity contribution in [1.29, 1.82) is 0 Å². The number of aryl methyl sites for hydroxylation is 1. The fourth-order valence-electron chi connectivity index (χ4n) is 2.76. The number of ether oxygens (including phenoxy) is 1. The fourth-order valence-corrected chi connectivity index (χ4v) is 2.93. The number of likely N-dealkylation sites (tertiary alicyclic amines) is 1. The minimum Gasteiger partial charge on any atom is -0.487 e. The zero-order valence-corrected chi connectivity index (χ0v) is 14.3. The van der Waals surface area contributed by atoms with Crippen molar-refractivity contribution in [3.63, 3.8) is 0 Å². The number of nitrogens with zero attached hydrogens (tertiary/aromatic N) is 2. The number of piperidine rings is 1. The van der Waals surface area contributed by atoms with Gasteiger partial charge < -0.3 is 15.0 Å². The van der Waals surface area contributed by atoms with Gasteiger partial charge in [-0.05, 0) is 31.4 Å². The van der Waals surface area contributed by atoms with Crippen LogP contribution >= 0.6 is 11.6 Å². The Kier molecular flexibility index (Phi) is 5.20. The zero-order valence-electron chi connectivity index (χ0n) is 13.5. The van der Waals surface area contributed by atoms with Crippen LogP contribution in [0, 0.1) is 6.92 Å². The normalized spacial score (nSPS) is 17.4. The van der Waals surface area contributed by atoms with Gasteiger partial charge in [0, 0.05) is 30.7 Å². The summed E-state index contributed by atoms with van der Waals surface area (Å²) in [5.41, 5.74) is 1.88. The second-order valence-corrected chi connectivity index (χ2v) is 6.29. The van der Waals surface area contributed by atoms with Gasteiger partial charge in [-0.15, -0.1) is 0 Å². The molecule has 1 aromatic heterocycles. The molecule has 0 bridgehead atoms. The number of benzene rings is 1. The predicted octanol–water partition coefficient (Wildman–Crippen LogP) is 4.12. The first-order valence-electron chi connectivity index (χ1n) is 8.01. The molecule has 0 radical (unpaired) electrons. The minimum absolute atomic E-state index is 0.0683. The van der Waals surface area contributed by atoms with Crippen molar-refractivity contribution in [2.45, 2.75) is 25.9 Å². The van der Waals surface area contributed by atoms with Gasteiger partial charge in [-0.25, -0.2) is 4.79 Å². The van der Waals surface area contributed by atoms with E-state index in [-0.39, 0.29) is 12.1 Å². The van der Waals surface area contributed by atoms with Gasteiger partial charge in [-0.1, -0.05) is 29.8 Å². The monoisotopic (exact) mass is 345 g/mol. The number of anilines is 1. The van der Waals surface area contributed by atoms with Crippen molar-refractivity contribution in [1.82, 2.24) is 9.88 Å². The molecular formula is C18H20ClN3O2. The molecule has 1 aromatic carbocycles. The molecule has 1 atom stereocenters. The van der Waals surface area contributed by atoms with Gasteiger partial charge >= 0.3 is 6.03 Å². The predicted molar refractivity (Wildman–Crippen MR) is 94.7 cm³/mol. The first kappa shape index (κ1) is 16.6. The van der Waals surface area contributed by atoms with Crippen LogP contribution in [-0.4, -0.2) is 35.1 Å². The van der Waals surface area contributed by atoms with E-state index in [2.05, 4.69) is 10.3 Å². The second-order valence-electron chi connectivity index (χ2n) is 5.88. The molecule has 2 amide bonds. The summed E-state index contributed by atoms with van der Waals surface area (Å²) in [5.74, 6) is 0.609. The smallest absolute Gasteiger partial charge is 0.321 e. The van der Waals surface area contributed by atoms with Crippen LogP contribution in [0.2, 0.25) is 5.02 Å². The van der Waals surface area contributed by atoms with Gasteiger partial charge in [-0.3, -0.25) is 4.98 Å². The van der Waals surface area contributed by atoms with Crippen LogP contribution in [-0.2, 0) is 0 Å². The van der Waals surface area contributed by atoms with Crippen LogP contribution in [0.25, 0.3) is 0 Å². The molecule has 6 heteroatoms.